The third kappa shape index (κ3) is 65.8. The molecule has 0 bridgehead atoms. The molecule has 0 aromatic rings. The van der Waals surface area contributed by atoms with Crippen LogP contribution in [0.15, 0.2) is 12.7 Å². The second-order valence-corrected chi connectivity index (χ2v) is 3.75. The smallest absolute Gasteiger partial charge is 0.0894 e. The van der Waals surface area contributed by atoms with E-state index < -0.39 is 0 Å². The van der Waals surface area contributed by atoms with Gasteiger partial charge in [0, 0.05) is 0 Å². The maximum absolute atomic E-state index is 11.0. The van der Waals surface area contributed by atoms with E-state index in [0.29, 0.717) is 0 Å². The van der Waals surface area contributed by atoms with Gasteiger partial charge >= 0.3 is 0 Å². The van der Waals surface area contributed by atoms with Crippen LogP contribution >= 0.6 is 0 Å². The summed E-state index contributed by atoms with van der Waals surface area (Å²) in [5.41, 5.74) is 0. The zero-order chi connectivity index (χ0) is 14.5. The Morgan fingerprint density at radius 2 is 1.53 bits per heavy atom. The number of alkyl halides is 1. The summed E-state index contributed by atoms with van der Waals surface area (Å²) in [5, 5.41) is 0. The van der Waals surface area contributed by atoms with Crippen molar-refractivity contribution < 1.29 is 4.39 Å². The highest BCUT2D eigenvalue weighted by atomic mass is 19.1. The number of allylic oxidation sites excluding steroid dienone is 1. The van der Waals surface area contributed by atoms with Crippen LogP contribution in [0.2, 0.25) is 0 Å². The van der Waals surface area contributed by atoms with Gasteiger partial charge < -0.3 is 0 Å². The van der Waals surface area contributed by atoms with Crippen molar-refractivity contribution in [3.05, 3.63) is 12.7 Å². The van der Waals surface area contributed by atoms with Gasteiger partial charge in [0.2, 0.25) is 0 Å². The lowest BCUT2D eigenvalue weighted by molar-refractivity contribution is 0.469. The van der Waals surface area contributed by atoms with E-state index in [0.717, 1.165) is 18.8 Å². The van der Waals surface area contributed by atoms with E-state index in [-0.39, 0.29) is 6.67 Å². The van der Waals surface area contributed by atoms with Crippen molar-refractivity contribution in [1.82, 2.24) is 0 Å². The zero-order valence-electron chi connectivity index (χ0n) is 13.5. The highest BCUT2D eigenvalue weighted by molar-refractivity contribution is 4.51. The fraction of sp³-hybridized carbons (Fsp3) is 0.875. The first kappa shape index (κ1) is 25.5. The van der Waals surface area contributed by atoms with Crippen LogP contribution in [-0.2, 0) is 0 Å². The average Bonchev–Trinajstić information content (AvgIpc) is 2.35. The monoisotopic (exact) mass is 248 g/mol. The molecule has 1 heteroatoms. The van der Waals surface area contributed by atoms with Gasteiger partial charge in [-0.05, 0) is 19.3 Å². The van der Waals surface area contributed by atoms with Crippen LogP contribution in [0.4, 0.5) is 4.39 Å². The molecule has 0 aliphatic heterocycles. The van der Waals surface area contributed by atoms with Gasteiger partial charge in [-0.15, -0.1) is 6.58 Å². The summed E-state index contributed by atoms with van der Waals surface area (Å²) in [6.45, 7) is 17.9. The molecule has 0 spiro atoms. The summed E-state index contributed by atoms with van der Waals surface area (Å²) in [4.78, 5) is 0. The largest absolute Gasteiger partial charge is 0.251 e. The lowest BCUT2D eigenvalue weighted by Crippen LogP contribution is -1.88. The molecule has 0 amide bonds. The number of hydrogen-bond donors (Lipinski definition) is 0. The summed E-state index contributed by atoms with van der Waals surface area (Å²) in [6.07, 6.45) is 7.52. The van der Waals surface area contributed by atoms with Crippen molar-refractivity contribution >= 4 is 0 Å². The maximum Gasteiger partial charge on any atom is 0.0894 e. The SMILES string of the molecule is C=CC.CC.CCCC(C)CC.CCCCF. The highest BCUT2D eigenvalue weighted by Crippen LogP contribution is 2.07. The molecule has 0 radical (unpaired) electrons. The molecule has 0 aromatic carbocycles. The molecule has 0 aromatic heterocycles. The normalized spacial score (nSPS) is 9.41. The Bertz CT molecular complexity index is 87.5. The van der Waals surface area contributed by atoms with E-state index in [4.69, 9.17) is 0 Å². The van der Waals surface area contributed by atoms with Crippen molar-refractivity contribution in [1.29, 1.82) is 0 Å². The van der Waals surface area contributed by atoms with Gasteiger partial charge in [0.15, 0.2) is 0 Å². The van der Waals surface area contributed by atoms with Crippen molar-refractivity contribution in [2.75, 3.05) is 6.67 Å². The molecule has 0 N–H and O–H groups in total. The molecule has 1 atom stereocenters. The van der Waals surface area contributed by atoms with Gasteiger partial charge in [-0.3, -0.25) is 4.39 Å². The lowest BCUT2D eigenvalue weighted by Gasteiger charge is -2.02. The zero-order valence-corrected chi connectivity index (χ0v) is 13.5. The Labute approximate surface area is 111 Å². The first-order chi connectivity index (χ1) is 8.14. The predicted octanol–water partition coefficient (Wildman–Crippen LogP) is 6.81. The average molecular weight is 248 g/mol. The second-order valence-electron chi connectivity index (χ2n) is 3.75. The maximum atomic E-state index is 11.0. The Hall–Kier alpha value is -0.330. The Morgan fingerprint density at radius 1 is 1.12 bits per heavy atom. The van der Waals surface area contributed by atoms with Crippen molar-refractivity contribution in [3.8, 4) is 0 Å². The minimum absolute atomic E-state index is 0.156. The lowest BCUT2D eigenvalue weighted by atomic mass is 10.0. The third-order valence-electron chi connectivity index (χ3n) is 1.97. The first-order valence-electron chi connectivity index (χ1n) is 7.27. The third-order valence-corrected chi connectivity index (χ3v) is 1.97. The van der Waals surface area contributed by atoms with Gasteiger partial charge in [-0.1, -0.05) is 73.3 Å². The highest BCUT2D eigenvalue weighted by Gasteiger charge is 1.92. The standard InChI is InChI=1S/C7H16.C4H9F.C3H6.C2H6/c1-4-6-7(3)5-2;1-2-3-4-5;1-3-2;1-2/h7H,4-6H2,1-3H3;2-4H2,1H3;3H,1H2,2H3;1-2H3. The molecule has 0 rings (SSSR count). The Balaban J connectivity index is -0.0000000743. The molecule has 0 heterocycles. The minimum Gasteiger partial charge on any atom is -0.251 e. The van der Waals surface area contributed by atoms with Crippen LogP contribution in [0, 0.1) is 5.92 Å². The van der Waals surface area contributed by atoms with E-state index in [1.54, 1.807) is 6.08 Å². The van der Waals surface area contributed by atoms with Crippen LogP contribution in [0.5, 0.6) is 0 Å². The summed E-state index contributed by atoms with van der Waals surface area (Å²) in [6, 6.07) is 0. The van der Waals surface area contributed by atoms with Crippen LogP contribution in [0.1, 0.15) is 80.6 Å². The predicted molar refractivity (Wildman–Crippen MR) is 82.5 cm³/mol. The van der Waals surface area contributed by atoms with E-state index in [2.05, 4.69) is 27.4 Å². The molecule has 0 nitrogen and oxygen atoms in total. The molecule has 108 valence electrons. The Morgan fingerprint density at radius 3 is 1.59 bits per heavy atom. The van der Waals surface area contributed by atoms with Gasteiger partial charge in [0.1, 0.15) is 0 Å². The minimum atomic E-state index is -0.156. The fourth-order valence-electron chi connectivity index (χ4n) is 0.831. The van der Waals surface area contributed by atoms with Gasteiger partial charge in [0.05, 0.1) is 6.67 Å². The van der Waals surface area contributed by atoms with Crippen LogP contribution in [-0.4, -0.2) is 6.67 Å². The molecular formula is C16H37F. The van der Waals surface area contributed by atoms with Crippen molar-refractivity contribution in [2.24, 2.45) is 5.92 Å². The Kier molecular flexibility index (Phi) is 54.1. The quantitative estimate of drug-likeness (QED) is 0.469. The summed E-state index contributed by atoms with van der Waals surface area (Å²) >= 11 is 0. The topological polar surface area (TPSA) is 0 Å². The number of unbranched alkanes of at least 4 members (excludes halogenated alkanes) is 1. The van der Waals surface area contributed by atoms with Crippen molar-refractivity contribution in [3.63, 3.8) is 0 Å². The number of hydrogen-bond acceptors (Lipinski definition) is 0. The summed E-state index contributed by atoms with van der Waals surface area (Å²) in [7, 11) is 0. The van der Waals surface area contributed by atoms with E-state index >= 15 is 0 Å². The molecule has 0 saturated heterocycles. The fourth-order valence-corrected chi connectivity index (χ4v) is 0.831. The summed E-state index contributed by atoms with van der Waals surface area (Å²) < 4.78 is 11.0. The van der Waals surface area contributed by atoms with Gasteiger partial charge in [-0.25, -0.2) is 0 Å². The second kappa shape index (κ2) is 36.1. The summed E-state index contributed by atoms with van der Waals surface area (Å²) in [5.74, 6) is 0.949. The molecule has 17 heavy (non-hydrogen) atoms. The molecule has 1 unspecified atom stereocenters. The van der Waals surface area contributed by atoms with Crippen LogP contribution in [0.25, 0.3) is 0 Å². The number of rotatable bonds is 5. The van der Waals surface area contributed by atoms with Crippen molar-refractivity contribution in [2.45, 2.75) is 80.6 Å². The van der Waals surface area contributed by atoms with E-state index in [1.165, 1.54) is 19.3 Å². The van der Waals surface area contributed by atoms with Gasteiger partial charge in [0.25, 0.3) is 0 Å². The van der Waals surface area contributed by atoms with Gasteiger partial charge in [-0.2, -0.15) is 0 Å². The van der Waals surface area contributed by atoms with E-state index in [9.17, 15) is 4.39 Å². The molecular weight excluding hydrogens is 211 g/mol. The number of halogens is 1. The molecule has 0 saturated carbocycles. The first-order valence-corrected chi connectivity index (χ1v) is 7.27. The van der Waals surface area contributed by atoms with E-state index in [1.807, 2.05) is 27.7 Å². The van der Waals surface area contributed by atoms with Crippen LogP contribution < -0.4 is 0 Å². The molecule has 0 aliphatic carbocycles. The van der Waals surface area contributed by atoms with Crippen LogP contribution in [0.3, 0.4) is 0 Å². The molecule has 0 fully saturated rings. The molecule has 0 aliphatic rings.